The lowest BCUT2D eigenvalue weighted by Crippen LogP contribution is -2.48. The minimum atomic E-state index is -1.31. The summed E-state index contributed by atoms with van der Waals surface area (Å²) in [4.78, 5) is 35.7. The second-order valence-electron chi connectivity index (χ2n) is 7.40. The maximum Gasteiger partial charge on any atom is 0.407 e. The third-order valence-electron chi connectivity index (χ3n) is 5.50. The Morgan fingerprint density at radius 1 is 1.29 bits per heavy atom. The van der Waals surface area contributed by atoms with Crippen LogP contribution in [-0.4, -0.2) is 73.1 Å². The first kappa shape index (κ1) is 24.2. The van der Waals surface area contributed by atoms with Crippen molar-refractivity contribution in [1.82, 2.24) is 10.2 Å². The molecule has 168 valence electrons. The van der Waals surface area contributed by atoms with Gasteiger partial charge < -0.3 is 19.9 Å². The predicted octanol–water partition coefficient (Wildman–Crippen LogP) is 2.01. The summed E-state index contributed by atoms with van der Waals surface area (Å²) in [6.07, 6.45) is -3.08. The van der Waals surface area contributed by atoms with Crippen LogP contribution in [0.4, 0.5) is 9.18 Å². The Hall–Kier alpha value is -3.12. The number of ether oxygens (including phenoxy) is 2. The minimum absolute atomic E-state index is 0.0328. The molecule has 5 atom stereocenters. The van der Waals surface area contributed by atoms with E-state index in [0.717, 1.165) is 10.5 Å². The third-order valence-corrected chi connectivity index (χ3v) is 5.50. The molecule has 0 aliphatic carbocycles. The van der Waals surface area contributed by atoms with Gasteiger partial charge in [-0.1, -0.05) is 37.3 Å². The monoisotopic (exact) mass is 434 g/mol. The minimum Gasteiger partial charge on any atom is -0.488 e. The Bertz CT molecular complexity index is 851. The molecule has 2 unspecified atom stereocenters. The Balaban J connectivity index is 2.27. The molecule has 0 aromatic heterocycles. The highest BCUT2D eigenvalue weighted by molar-refractivity contribution is 5.66. The van der Waals surface area contributed by atoms with Crippen LogP contribution >= 0.6 is 0 Å². The Morgan fingerprint density at radius 3 is 2.48 bits per heavy atom. The zero-order valence-corrected chi connectivity index (χ0v) is 17.7. The summed E-state index contributed by atoms with van der Waals surface area (Å²) in [6.45, 7) is 1.40. The van der Waals surface area contributed by atoms with Crippen molar-refractivity contribution < 1.29 is 33.4 Å². The number of methoxy groups -OCH3 is 2. The van der Waals surface area contributed by atoms with Crippen LogP contribution in [0.1, 0.15) is 18.9 Å². The van der Waals surface area contributed by atoms with E-state index in [0.29, 0.717) is 6.42 Å². The first-order valence-corrected chi connectivity index (χ1v) is 9.87. The summed E-state index contributed by atoms with van der Waals surface area (Å²) in [5.74, 6) is 2.87. The first-order valence-electron chi connectivity index (χ1n) is 9.87. The molecular formula is C22H27FN2O6. The van der Waals surface area contributed by atoms with Gasteiger partial charge in [0.2, 0.25) is 5.76 Å². The average molecular weight is 434 g/mol. The molecule has 0 spiro atoms. The lowest BCUT2D eigenvalue weighted by atomic mass is 9.92. The van der Waals surface area contributed by atoms with Crippen LogP contribution in [0.5, 0.6) is 0 Å². The molecule has 0 bridgehead atoms. The molecule has 0 radical (unpaired) electrons. The highest BCUT2D eigenvalue weighted by Gasteiger charge is 2.43. The molecule has 1 aliphatic rings. The van der Waals surface area contributed by atoms with Gasteiger partial charge in [-0.05, 0) is 5.56 Å². The zero-order chi connectivity index (χ0) is 23.0. The Morgan fingerprint density at radius 2 is 1.97 bits per heavy atom. The number of nitrogens with zero attached hydrogens (tertiary/aromatic N) is 1. The molecule has 1 amide bonds. The number of likely N-dealkylation sites (tertiary alicyclic amines) is 1. The van der Waals surface area contributed by atoms with Crippen LogP contribution in [0.15, 0.2) is 41.8 Å². The van der Waals surface area contributed by atoms with E-state index in [1.54, 1.807) is 12.9 Å². The number of amides is 1. The summed E-state index contributed by atoms with van der Waals surface area (Å²) in [5.41, 5.74) is 0.948. The normalized spacial score (nSPS) is 20.7. The Labute approximate surface area is 180 Å². The number of hydrogen-bond acceptors (Lipinski definition) is 6. The maximum atomic E-state index is 14.0. The van der Waals surface area contributed by atoms with Gasteiger partial charge in [-0.3, -0.25) is 4.90 Å². The van der Waals surface area contributed by atoms with Gasteiger partial charge in [-0.15, -0.1) is 0 Å². The first-order chi connectivity index (χ1) is 14.9. The molecule has 1 aromatic carbocycles. The highest BCUT2D eigenvalue weighted by atomic mass is 19.1. The van der Waals surface area contributed by atoms with Gasteiger partial charge in [0.15, 0.2) is 5.94 Å². The van der Waals surface area contributed by atoms with Gasteiger partial charge in [-0.25, -0.2) is 18.8 Å². The summed E-state index contributed by atoms with van der Waals surface area (Å²) in [5, 5.41) is 12.4. The molecule has 1 heterocycles. The number of carbonyl (C=O) groups is 1. The summed E-state index contributed by atoms with van der Waals surface area (Å²) < 4.78 is 24.6. The fourth-order valence-electron chi connectivity index (χ4n) is 3.96. The van der Waals surface area contributed by atoms with Crippen LogP contribution in [0.25, 0.3) is 0 Å². The third kappa shape index (κ3) is 5.95. The van der Waals surface area contributed by atoms with Gasteiger partial charge in [0.1, 0.15) is 17.8 Å². The molecule has 31 heavy (non-hydrogen) atoms. The predicted molar refractivity (Wildman–Crippen MR) is 110 cm³/mol. The number of alkyl halides is 1. The van der Waals surface area contributed by atoms with Crippen molar-refractivity contribution in [2.75, 3.05) is 20.8 Å². The molecule has 1 aliphatic heterocycles. The standard InChI is InChI=1S/C22H27FN2O6/c1-14(21(31-3)19-10-16(23)11-25(19)22(28)29)18(12-26)24-17(20(13-27)30-2)9-15-7-5-4-6-8-15/h4-8,14,16-17,19,21,24H,9-11H2,1-3H3,(H,28,29)/t14-,16?,17+,19?,21-/m1/s1. The number of halogens is 1. The van der Waals surface area contributed by atoms with E-state index < -0.39 is 36.4 Å². The van der Waals surface area contributed by atoms with Crippen molar-refractivity contribution in [3.05, 3.63) is 47.4 Å². The van der Waals surface area contributed by atoms with Gasteiger partial charge in [-0.2, -0.15) is 0 Å². The van der Waals surface area contributed by atoms with E-state index in [9.17, 15) is 23.9 Å². The fourth-order valence-corrected chi connectivity index (χ4v) is 3.96. The average Bonchev–Trinajstić information content (AvgIpc) is 3.15. The zero-order valence-electron chi connectivity index (χ0n) is 17.7. The number of hydrogen-bond donors (Lipinski definition) is 2. The largest absolute Gasteiger partial charge is 0.488 e. The van der Waals surface area contributed by atoms with Crippen molar-refractivity contribution in [3.8, 4) is 0 Å². The van der Waals surface area contributed by atoms with E-state index in [1.165, 1.54) is 14.2 Å². The van der Waals surface area contributed by atoms with E-state index in [-0.39, 0.29) is 24.4 Å². The quantitative estimate of drug-likeness (QED) is 0.429. The number of nitrogens with one attached hydrogen (secondary N) is 1. The molecule has 2 rings (SSSR count). The van der Waals surface area contributed by atoms with E-state index >= 15 is 0 Å². The SMILES string of the molecule is COC(=C=O)[C@H](Cc1ccccc1)NC(=C=O)[C@@H](C)[C@@H](OC)C1CC(F)CN1C(=O)O. The van der Waals surface area contributed by atoms with Gasteiger partial charge in [0.05, 0.1) is 31.8 Å². The van der Waals surface area contributed by atoms with Crippen molar-refractivity contribution in [2.45, 2.75) is 44.1 Å². The molecule has 1 aromatic rings. The number of carbonyl (C=O) groups excluding carboxylic acids is 2. The molecule has 2 N–H and O–H groups in total. The van der Waals surface area contributed by atoms with Crippen molar-refractivity contribution >= 4 is 18.0 Å². The maximum absolute atomic E-state index is 14.0. The van der Waals surface area contributed by atoms with E-state index in [2.05, 4.69) is 5.32 Å². The topological polar surface area (TPSA) is 105 Å². The molecule has 1 saturated heterocycles. The van der Waals surface area contributed by atoms with Crippen molar-refractivity contribution in [1.29, 1.82) is 0 Å². The summed E-state index contributed by atoms with van der Waals surface area (Å²) in [6, 6.07) is 7.79. The van der Waals surface area contributed by atoms with Crippen molar-refractivity contribution in [2.24, 2.45) is 5.92 Å². The molecular weight excluding hydrogens is 407 g/mol. The fraction of sp³-hybridized carbons (Fsp3) is 0.500. The summed E-state index contributed by atoms with van der Waals surface area (Å²) in [7, 11) is 2.71. The van der Waals surface area contributed by atoms with Gasteiger partial charge in [0.25, 0.3) is 0 Å². The number of benzene rings is 1. The Kier molecular flexibility index (Phi) is 8.82. The van der Waals surface area contributed by atoms with Crippen LogP contribution in [-0.2, 0) is 25.5 Å². The summed E-state index contributed by atoms with van der Waals surface area (Å²) >= 11 is 0. The molecule has 0 saturated carbocycles. The molecule has 1 fully saturated rings. The van der Waals surface area contributed by atoms with Crippen LogP contribution in [0.2, 0.25) is 0 Å². The second kappa shape index (κ2) is 11.3. The number of carboxylic acid groups (broad SMARTS) is 1. The highest BCUT2D eigenvalue weighted by Crippen LogP contribution is 2.30. The van der Waals surface area contributed by atoms with E-state index in [4.69, 9.17) is 9.47 Å². The van der Waals surface area contributed by atoms with Crippen LogP contribution < -0.4 is 5.32 Å². The smallest absolute Gasteiger partial charge is 0.407 e. The number of rotatable bonds is 10. The van der Waals surface area contributed by atoms with Gasteiger partial charge >= 0.3 is 6.09 Å². The van der Waals surface area contributed by atoms with Crippen LogP contribution in [0, 0.1) is 5.92 Å². The second-order valence-corrected chi connectivity index (χ2v) is 7.40. The van der Waals surface area contributed by atoms with Crippen molar-refractivity contribution in [3.63, 3.8) is 0 Å². The molecule has 9 heteroatoms. The lowest BCUT2D eigenvalue weighted by molar-refractivity contribution is 0.00729. The lowest BCUT2D eigenvalue weighted by Gasteiger charge is -2.33. The van der Waals surface area contributed by atoms with Gasteiger partial charge in [0, 0.05) is 25.9 Å². The van der Waals surface area contributed by atoms with E-state index in [1.807, 2.05) is 36.3 Å². The van der Waals surface area contributed by atoms with Crippen LogP contribution in [0.3, 0.4) is 0 Å². The molecule has 8 nitrogen and oxygen atoms in total.